The van der Waals surface area contributed by atoms with Crippen LogP contribution in [0.25, 0.3) is 0 Å². The Kier molecular flexibility index (Phi) is 4.31. The van der Waals surface area contributed by atoms with E-state index in [-0.39, 0.29) is 12.5 Å². The van der Waals surface area contributed by atoms with Gasteiger partial charge in [0, 0.05) is 16.5 Å². The Morgan fingerprint density at radius 1 is 1.33 bits per heavy atom. The topological polar surface area (TPSA) is 68.3 Å². The van der Waals surface area contributed by atoms with Crippen molar-refractivity contribution in [1.29, 1.82) is 0 Å². The lowest BCUT2D eigenvalue weighted by atomic mass is 9.99. The lowest BCUT2D eigenvalue weighted by Crippen LogP contribution is -2.20. The van der Waals surface area contributed by atoms with Gasteiger partial charge in [-0.25, -0.2) is 9.78 Å². The maximum atomic E-state index is 12.0. The highest BCUT2D eigenvalue weighted by Gasteiger charge is 2.19. The Morgan fingerprint density at radius 3 is 2.95 bits per heavy atom. The van der Waals surface area contributed by atoms with Crippen molar-refractivity contribution < 1.29 is 14.3 Å². The molecular formula is C14H14N2O3S2. The van der Waals surface area contributed by atoms with Crippen LogP contribution in [0, 0.1) is 0 Å². The quantitative estimate of drug-likeness (QED) is 0.879. The molecule has 1 amide bonds. The lowest BCUT2D eigenvalue weighted by molar-refractivity contribution is -0.119. The first kappa shape index (κ1) is 14.2. The number of nitrogens with one attached hydrogen (secondary N) is 1. The predicted octanol–water partition coefficient (Wildman–Crippen LogP) is 2.88. The zero-order valence-electron chi connectivity index (χ0n) is 11.3. The van der Waals surface area contributed by atoms with Crippen LogP contribution in [0.2, 0.25) is 0 Å². The summed E-state index contributed by atoms with van der Waals surface area (Å²) in [5.41, 5.74) is 1.26. The van der Waals surface area contributed by atoms with E-state index in [1.54, 1.807) is 11.6 Å². The van der Waals surface area contributed by atoms with Crippen LogP contribution in [0.1, 0.15) is 33.0 Å². The molecule has 1 aliphatic rings. The molecule has 0 atom stereocenters. The molecule has 0 fully saturated rings. The van der Waals surface area contributed by atoms with E-state index < -0.39 is 5.97 Å². The SMILES string of the molecule is O=C(COC(=O)c1cc2c(s1)CCCC2)Nc1nccs1. The monoisotopic (exact) mass is 322 g/mol. The molecule has 0 saturated carbocycles. The minimum absolute atomic E-state index is 0.291. The summed E-state index contributed by atoms with van der Waals surface area (Å²) in [6.45, 7) is -0.291. The van der Waals surface area contributed by atoms with Crippen molar-refractivity contribution in [2.24, 2.45) is 0 Å². The zero-order valence-corrected chi connectivity index (χ0v) is 12.9. The molecule has 2 aromatic heterocycles. The van der Waals surface area contributed by atoms with Crippen molar-refractivity contribution in [2.75, 3.05) is 11.9 Å². The lowest BCUT2D eigenvalue weighted by Gasteiger charge is -2.08. The number of hydrogen-bond acceptors (Lipinski definition) is 6. The molecule has 2 aromatic rings. The van der Waals surface area contributed by atoms with Gasteiger partial charge in [-0.1, -0.05) is 0 Å². The van der Waals surface area contributed by atoms with Gasteiger partial charge in [0.2, 0.25) is 0 Å². The van der Waals surface area contributed by atoms with Gasteiger partial charge >= 0.3 is 5.97 Å². The molecule has 1 N–H and O–H groups in total. The number of aryl methyl sites for hydroxylation is 2. The van der Waals surface area contributed by atoms with E-state index in [1.807, 2.05) is 6.07 Å². The first-order chi connectivity index (χ1) is 10.2. The van der Waals surface area contributed by atoms with Crippen LogP contribution in [-0.2, 0) is 22.4 Å². The number of hydrogen-bond donors (Lipinski definition) is 1. The molecule has 0 radical (unpaired) electrons. The molecule has 0 bridgehead atoms. The maximum Gasteiger partial charge on any atom is 0.348 e. The average Bonchev–Trinajstić information content (AvgIpc) is 3.13. The number of anilines is 1. The summed E-state index contributed by atoms with van der Waals surface area (Å²) in [6.07, 6.45) is 6.02. The van der Waals surface area contributed by atoms with Crippen LogP contribution in [0.15, 0.2) is 17.6 Å². The molecule has 110 valence electrons. The number of thiazole rings is 1. The van der Waals surface area contributed by atoms with Gasteiger partial charge in [-0.15, -0.1) is 22.7 Å². The van der Waals surface area contributed by atoms with Crippen LogP contribution in [0.3, 0.4) is 0 Å². The highest BCUT2D eigenvalue weighted by Crippen LogP contribution is 2.29. The summed E-state index contributed by atoms with van der Waals surface area (Å²) < 4.78 is 5.05. The van der Waals surface area contributed by atoms with Gasteiger partial charge in [-0.3, -0.25) is 10.1 Å². The number of thiophene rings is 1. The summed E-state index contributed by atoms with van der Waals surface area (Å²) >= 11 is 2.80. The van der Waals surface area contributed by atoms with Crippen molar-refractivity contribution in [3.05, 3.63) is 33.0 Å². The highest BCUT2D eigenvalue weighted by molar-refractivity contribution is 7.14. The van der Waals surface area contributed by atoms with Crippen molar-refractivity contribution >= 4 is 39.7 Å². The van der Waals surface area contributed by atoms with E-state index in [9.17, 15) is 9.59 Å². The number of rotatable bonds is 4. The fourth-order valence-corrected chi connectivity index (χ4v) is 3.93. The third-order valence-corrected chi connectivity index (χ3v) is 5.12. The molecule has 7 heteroatoms. The standard InChI is InChI=1S/C14H14N2O3S2/c17-12(16-14-15-5-6-20-14)8-19-13(18)11-7-9-3-1-2-4-10(9)21-11/h5-7H,1-4,8H2,(H,15,16,17). The normalized spacial score (nSPS) is 13.5. The van der Waals surface area contributed by atoms with E-state index in [0.717, 1.165) is 12.8 Å². The van der Waals surface area contributed by atoms with Gasteiger partial charge in [-0.2, -0.15) is 0 Å². The summed E-state index contributed by atoms with van der Waals surface area (Å²) in [4.78, 5) is 29.4. The summed E-state index contributed by atoms with van der Waals surface area (Å²) in [6, 6.07) is 1.90. The van der Waals surface area contributed by atoms with Crippen molar-refractivity contribution in [3.63, 3.8) is 0 Å². The number of ether oxygens (including phenoxy) is 1. The zero-order chi connectivity index (χ0) is 14.7. The van der Waals surface area contributed by atoms with Crippen LogP contribution < -0.4 is 5.32 Å². The predicted molar refractivity (Wildman–Crippen MR) is 82.0 cm³/mol. The number of carbonyl (C=O) groups excluding carboxylic acids is 2. The first-order valence-corrected chi connectivity index (χ1v) is 8.40. The number of esters is 1. The van der Waals surface area contributed by atoms with Crippen molar-refractivity contribution in [3.8, 4) is 0 Å². The molecule has 0 saturated heterocycles. The maximum absolute atomic E-state index is 12.0. The van der Waals surface area contributed by atoms with E-state index in [0.29, 0.717) is 10.0 Å². The average molecular weight is 322 g/mol. The summed E-state index contributed by atoms with van der Waals surface area (Å²) in [5, 5.41) is 4.84. The molecule has 0 unspecified atom stereocenters. The van der Waals surface area contributed by atoms with Crippen LogP contribution in [0.5, 0.6) is 0 Å². The minimum atomic E-state index is -0.427. The van der Waals surface area contributed by atoms with Gasteiger partial charge in [0.05, 0.1) is 0 Å². The molecule has 2 heterocycles. The first-order valence-electron chi connectivity index (χ1n) is 6.70. The Labute approximate surface area is 130 Å². The van der Waals surface area contributed by atoms with Gasteiger partial charge in [-0.05, 0) is 37.3 Å². The number of fused-ring (bicyclic) bond motifs is 1. The number of aromatic nitrogens is 1. The smallest absolute Gasteiger partial charge is 0.348 e. The Bertz CT molecular complexity index is 626. The van der Waals surface area contributed by atoms with Crippen molar-refractivity contribution in [2.45, 2.75) is 25.7 Å². The second-order valence-electron chi connectivity index (χ2n) is 4.73. The van der Waals surface area contributed by atoms with Crippen LogP contribution in [0.4, 0.5) is 5.13 Å². The third kappa shape index (κ3) is 3.48. The van der Waals surface area contributed by atoms with E-state index in [4.69, 9.17) is 4.74 Å². The summed E-state index contributed by atoms with van der Waals surface area (Å²) in [7, 11) is 0. The van der Waals surface area contributed by atoms with Crippen molar-refractivity contribution in [1.82, 2.24) is 4.98 Å². The molecule has 5 nitrogen and oxygen atoms in total. The largest absolute Gasteiger partial charge is 0.451 e. The fraction of sp³-hybridized carbons (Fsp3) is 0.357. The highest BCUT2D eigenvalue weighted by atomic mass is 32.1. The Morgan fingerprint density at radius 2 is 2.19 bits per heavy atom. The van der Waals surface area contributed by atoms with Gasteiger partial charge in [0.1, 0.15) is 4.88 Å². The summed E-state index contributed by atoms with van der Waals surface area (Å²) in [5.74, 6) is -0.802. The minimum Gasteiger partial charge on any atom is -0.451 e. The number of carbonyl (C=O) groups is 2. The molecule has 0 aromatic carbocycles. The molecular weight excluding hydrogens is 308 g/mol. The number of nitrogens with zero attached hydrogens (tertiary/aromatic N) is 1. The molecule has 0 aliphatic heterocycles. The van der Waals surface area contributed by atoms with Crippen LogP contribution >= 0.6 is 22.7 Å². The van der Waals surface area contributed by atoms with Gasteiger partial charge < -0.3 is 4.74 Å². The molecule has 21 heavy (non-hydrogen) atoms. The van der Waals surface area contributed by atoms with Crippen LogP contribution in [-0.4, -0.2) is 23.5 Å². The molecule has 1 aliphatic carbocycles. The van der Waals surface area contributed by atoms with E-state index in [2.05, 4.69) is 10.3 Å². The fourth-order valence-electron chi connectivity index (χ4n) is 2.23. The van der Waals surface area contributed by atoms with E-state index in [1.165, 1.54) is 46.0 Å². The Hall–Kier alpha value is -1.73. The third-order valence-electron chi connectivity index (χ3n) is 3.21. The second-order valence-corrected chi connectivity index (χ2v) is 6.76. The molecule has 3 rings (SSSR count). The Balaban J connectivity index is 1.54. The number of amides is 1. The van der Waals surface area contributed by atoms with Gasteiger partial charge in [0.15, 0.2) is 11.7 Å². The van der Waals surface area contributed by atoms with E-state index >= 15 is 0 Å². The van der Waals surface area contributed by atoms with Gasteiger partial charge in [0.25, 0.3) is 5.91 Å². The molecule has 0 spiro atoms. The second kappa shape index (κ2) is 6.36.